The first-order valence-electron chi connectivity index (χ1n) is 10.6. The van der Waals surface area contributed by atoms with Crippen LogP contribution in [0.25, 0.3) is 0 Å². The number of nitrogens with one attached hydrogen (secondary N) is 2. The lowest BCUT2D eigenvalue weighted by atomic mass is 9.96. The molecule has 166 valence electrons. The number of amides is 3. The molecule has 3 rings (SSSR count). The zero-order chi connectivity index (χ0) is 22.2. The Hall–Kier alpha value is -3.29. The predicted octanol–water partition coefficient (Wildman–Crippen LogP) is 1.79. The van der Waals surface area contributed by atoms with Crippen molar-refractivity contribution < 1.29 is 14.3 Å². The molecule has 3 amide bonds. The molecule has 0 atom stereocenters. The van der Waals surface area contributed by atoms with Gasteiger partial charge in [0, 0.05) is 39.4 Å². The summed E-state index contributed by atoms with van der Waals surface area (Å²) in [5.74, 6) is 0.910. The Morgan fingerprint density at radius 2 is 1.81 bits per heavy atom. The molecule has 0 bridgehead atoms. The van der Waals surface area contributed by atoms with E-state index in [0.29, 0.717) is 32.1 Å². The Morgan fingerprint density at radius 1 is 1.10 bits per heavy atom. The summed E-state index contributed by atoms with van der Waals surface area (Å²) in [6.45, 7) is 2.30. The van der Waals surface area contributed by atoms with Gasteiger partial charge in [0.1, 0.15) is 11.3 Å². The topological polar surface area (TPSA) is 92.7 Å². The highest BCUT2D eigenvalue weighted by atomic mass is 16.5. The van der Waals surface area contributed by atoms with Gasteiger partial charge in [-0.05, 0) is 55.0 Å². The molecule has 0 radical (unpaired) electrons. The third kappa shape index (κ3) is 6.10. The second kappa shape index (κ2) is 10.7. The highest BCUT2D eigenvalue weighted by Gasteiger charge is 2.25. The molecule has 1 aliphatic heterocycles. The van der Waals surface area contributed by atoms with E-state index in [1.54, 1.807) is 37.4 Å². The molecule has 1 aromatic carbocycles. The number of aryl methyl sites for hydroxylation is 1. The maximum atomic E-state index is 12.6. The third-order valence-corrected chi connectivity index (χ3v) is 5.67. The van der Waals surface area contributed by atoms with Crippen LogP contribution in [-0.2, 0) is 13.5 Å². The molecule has 2 aromatic rings. The summed E-state index contributed by atoms with van der Waals surface area (Å²) in [5, 5.41) is 5.80. The van der Waals surface area contributed by atoms with Crippen LogP contribution in [0.5, 0.6) is 5.75 Å². The van der Waals surface area contributed by atoms with Gasteiger partial charge in [0.2, 0.25) is 0 Å². The van der Waals surface area contributed by atoms with Crippen LogP contribution in [0.15, 0.2) is 47.4 Å². The standard InChI is InChI=1S/C23H30N4O4/c1-26-13-3-4-20(21(26)28)22(29)27-14-10-18(11-15-27)16-25-23(30)24-12-9-17-5-7-19(31-2)8-6-17/h3-8,13,18H,9-12,14-16H2,1-2H3,(H2,24,25,30). The molecule has 1 saturated heterocycles. The Labute approximate surface area is 182 Å². The lowest BCUT2D eigenvalue weighted by Gasteiger charge is -2.32. The number of ether oxygens (including phenoxy) is 1. The number of carbonyl (C=O) groups excluding carboxylic acids is 2. The number of rotatable bonds is 7. The molecule has 1 aliphatic rings. The number of nitrogens with zero attached hydrogens (tertiary/aromatic N) is 2. The number of urea groups is 1. The minimum absolute atomic E-state index is 0.181. The van der Waals surface area contributed by atoms with Crippen LogP contribution < -0.4 is 20.9 Å². The normalized spacial score (nSPS) is 14.2. The van der Waals surface area contributed by atoms with Crippen molar-refractivity contribution in [3.05, 3.63) is 64.1 Å². The monoisotopic (exact) mass is 426 g/mol. The third-order valence-electron chi connectivity index (χ3n) is 5.67. The molecular formula is C23H30N4O4. The number of piperidine rings is 1. The van der Waals surface area contributed by atoms with Crippen molar-refractivity contribution in [2.75, 3.05) is 33.3 Å². The molecule has 0 saturated carbocycles. The van der Waals surface area contributed by atoms with E-state index in [9.17, 15) is 14.4 Å². The number of likely N-dealkylation sites (tertiary alicyclic amines) is 1. The van der Waals surface area contributed by atoms with Crippen molar-refractivity contribution in [1.82, 2.24) is 20.1 Å². The summed E-state index contributed by atoms with van der Waals surface area (Å²) in [5.41, 5.74) is 1.06. The Bertz CT molecular complexity index is 947. The van der Waals surface area contributed by atoms with Gasteiger partial charge in [0.25, 0.3) is 11.5 Å². The summed E-state index contributed by atoms with van der Waals surface area (Å²) < 4.78 is 6.55. The minimum Gasteiger partial charge on any atom is -0.497 e. The van der Waals surface area contributed by atoms with Crippen LogP contribution in [-0.4, -0.2) is 54.7 Å². The van der Waals surface area contributed by atoms with Gasteiger partial charge < -0.3 is 24.8 Å². The lowest BCUT2D eigenvalue weighted by molar-refractivity contribution is 0.0688. The van der Waals surface area contributed by atoms with Crippen LogP contribution in [0.3, 0.4) is 0 Å². The quantitative estimate of drug-likeness (QED) is 0.706. The van der Waals surface area contributed by atoms with Gasteiger partial charge in [-0.1, -0.05) is 12.1 Å². The molecule has 0 spiro atoms. The molecule has 0 aliphatic carbocycles. The molecule has 31 heavy (non-hydrogen) atoms. The average Bonchev–Trinajstić information content (AvgIpc) is 2.80. The number of pyridine rings is 1. The zero-order valence-electron chi connectivity index (χ0n) is 18.1. The Balaban J connectivity index is 1.36. The maximum absolute atomic E-state index is 12.6. The maximum Gasteiger partial charge on any atom is 0.314 e. The average molecular weight is 427 g/mol. The van der Waals surface area contributed by atoms with Crippen molar-refractivity contribution in [3.8, 4) is 5.75 Å². The largest absolute Gasteiger partial charge is 0.497 e. The Morgan fingerprint density at radius 3 is 2.48 bits per heavy atom. The van der Waals surface area contributed by atoms with Crippen LogP contribution in [0.2, 0.25) is 0 Å². The highest BCUT2D eigenvalue weighted by molar-refractivity contribution is 5.93. The molecule has 0 unspecified atom stereocenters. The number of benzene rings is 1. The van der Waals surface area contributed by atoms with E-state index in [0.717, 1.165) is 30.6 Å². The first-order valence-corrected chi connectivity index (χ1v) is 10.6. The van der Waals surface area contributed by atoms with Gasteiger partial charge in [-0.2, -0.15) is 0 Å². The first kappa shape index (κ1) is 22.4. The van der Waals surface area contributed by atoms with E-state index in [2.05, 4.69) is 10.6 Å². The van der Waals surface area contributed by atoms with E-state index in [1.165, 1.54) is 4.57 Å². The van der Waals surface area contributed by atoms with E-state index in [4.69, 9.17) is 4.74 Å². The van der Waals surface area contributed by atoms with E-state index in [1.807, 2.05) is 24.3 Å². The second-order valence-electron chi connectivity index (χ2n) is 7.81. The molecule has 2 heterocycles. The van der Waals surface area contributed by atoms with Crippen LogP contribution >= 0.6 is 0 Å². The highest BCUT2D eigenvalue weighted by Crippen LogP contribution is 2.18. The Kier molecular flexibility index (Phi) is 7.70. The van der Waals surface area contributed by atoms with Crippen LogP contribution in [0.4, 0.5) is 4.79 Å². The number of hydrogen-bond donors (Lipinski definition) is 2. The first-order chi connectivity index (χ1) is 15.0. The zero-order valence-corrected chi connectivity index (χ0v) is 18.1. The van der Waals surface area contributed by atoms with Crippen molar-refractivity contribution >= 4 is 11.9 Å². The van der Waals surface area contributed by atoms with Crippen molar-refractivity contribution in [2.45, 2.75) is 19.3 Å². The van der Waals surface area contributed by atoms with Crippen LogP contribution in [0.1, 0.15) is 28.8 Å². The van der Waals surface area contributed by atoms with Gasteiger partial charge in [0.05, 0.1) is 7.11 Å². The summed E-state index contributed by atoms with van der Waals surface area (Å²) >= 11 is 0. The van der Waals surface area contributed by atoms with Crippen molar-refractivity contribution in [1.29, 1.82) is 0 Å². The fourth-order valence-corrected chi connectivity index (χ4v) is 3.68. The molecule has 1 aromatic heterocycles. The minimum atomic E-state index is -0.275. The lowest BCUT2D eigenvalue weighted by Crippen LogP contribution is -2.44. The van der Waals surface area contributed by atoms with Gasteiger partial charge >= 0.3 is 6.03 Å². The number of aromatic nitrogens is 1. The van der Waals surface area contributed by atoms with Gasteiger partial charge in [0.15, 0.2) is 0 Å². The van der Waals surface area contributed by atoms with E-state index >= 15 is 0 Å². The predicted molar refractivity (Wildman–Crippen MR) is 118 cm³/mol. The van der Waals surface area contributed by atoms with Gasteiger partial charge in [-0.3, -0.25) is 9.59 Å². The second-order valence-corrected chi connectivity index (χ2v) is 7.81. The van der Waals surface area contributed by atoms with Crippen LogP contribution in [0, 0.1) is 5.92 Å². The smallest absolute Gasteiger partial charge is 0.314 e. The summed E-state index contributed by atoms with van der Waals surface area (Å²) in [7, 11) is 3.27. The van der Waals surface area contributed by atoms with Gasteiger partial charge in [-0.25, -0.2) is 4.79 Å². The van der Waals surface area contributed by atoms with Crippen molar-refractivity contribution in [3.63, 3.8) is 0 Å². The summed E-state index contributed by atoms with van der Waals surface area (Å²) in [6.07, 6.45) is 3.98. The molecule has 2 N–H and O–H groups in total. The van der Waals surface area contributed by atoms with Crippen molar-refractivity contribution in [2.24, 2.45) is 13.0 Å². The molecule has 8 heteroatoms. The van der Waals surface area contributed by atoms with E-state index < -0.39 is 0 Å². The molecular weight excluding hydrogens is 396 g/mol. The number of carbonyl (C=O) groups is 2. The number of hydrogen-bond acceptors (Lipinski definition) is 4. The van der Waals surface area contributed by atoms with Gasteiger partial charge in [-0.15, -0.1) is 0 Å². The molecule has 8 nitrogen and oxygen atoms in total. The molecule has 1 fully saturated rings. The summed E-state index contributed by atoms with van der Waals surface area (Å²) in [4.78, 5) is 38.6. The SMILES string of the molecule is COc1ccc(CCNC(=O)NCC2CCN(C(=O)c3cccn(C)c3=O)CC2)cc1. The number of methoxy groups -OCH3 is 1. The summed E-state index contributed by atoms with van der Waals surface area (Å²) in [6, 6.07) is 10.9. The van der Waals surface area contributed by atoms with E-state index in [-0.39, 0.29) is 23.1 Å². The fraction of sp³-hybridized carbons (Fsp3) is 0.435. The fourth-order valence-electron chi connectivity index (χ4n) is 3.68.